The SMILES string of the molecule is CC(C)[C@@H](NC(=O)C1CC(=O)NC(S(C)(=O)=O)N1)c1ccc(SC(F)(F)F)cc1. The third-order valence-corrected chi connectivity index (χ3v) is 6.07. The summed E-state index contributed by atoms with van der Waals surface area (Å²) >= 11 is -0.230. The smallest absolute Gasteiger partial charge is 0.348 e. The van der Waals surface area contributed by atoms with Gasteiger partial charge in [0, 0.05) is 11.2 Å². The average molecular weight is 454 g/mol. The number of carbonyl (C=O) groups excluding carboxylic acids is 2. The lowest BCUT2D eigenvalue weighted by molar-refractivity contribution is -0.131. The van der Waals surface area contributed by atoms with Gasteiger partial charge in [0.2, 0.25) is 11.8 Å². The summed E-state index contributed by atoms with van der Waals surface area (Å²) in [4.78, 5) is 24.5. The van der Waals surface area contributed by atoms with Gasteiger partial charge in [0.1, 0.15) is 0 Å². The van der Waals surface area contributed by atoms with Crippen LogP contribution in [0.5, 0.6) is 0 Å². The van der Waals surface area contributed by atoms with Crippen molar-refractivity contribution in [2.24, 2.45) is 5.92 Å². The number of benzene rings is 1. The molecule has 2 unspecified atom stereocenters. The Kier molecular flexibility index (Phi) is 7.23. The highest BCUT2D eigenvalue weighted by Gasteiger charge is 2.36. The second-order valence-corrected chi connectivity index (χ2v) is 10.3. The molecule has 0 bridgehead atoms. The Labute approximate surface area is 171 Å². The summed E-state index contributed by atoms with van der Waals surface area (Å²) in [7, 11) is -3.66. The van der Waals surface area contributed by atoms with E-state index in [-0.39, 0.29) is 29.0 Å². The summed E-state index contributed by atoms with van der Waals surface area (Å²) in [5.74, 6) is -1.25. The third-order valence-electron chi connectivity index (χ3n) is 4.22. The van der Waals surface area contributed by atoms with Gasteiger partial charge in [0.25, 0.3) is 0 Å². The molecule has 0 aliphatic carbocycles. The normalized spacial score (nSPS) is 21.6. The number of hydrogen-bond acceptors (Lipinski definition) is 6. The third kappa shape index (κ3) is 6.89. The molecule has 1 aliphatic rings. The topological polar surface area (TPSA) is 104 Å². The molecule has 12 heteroatoms. The summed E-state index contributed by atoms with van der Waals surface area (Å²) < 4.78 is 60.8. The van der Waals surface area contributed by atoms with E-state index >= 15 is 0 Å². The zero-order valence-electron chi connectivity index (χ0n) is 15.9. The van der Waals surface area contributed by atoms with Gasteiger partial charge >= 0.3 is 5.51 Å². The molecule has 0 radical (unpaired) electrons. The molecule has 2 rings (SSSR count). The lowest BCUT2D eigenvalue weighted by Gasteiger charge is -2.31. The molecule has 1 saturated heterocycles. The first kappa shape index (κ1) is 23.5. The first-order valence-electron chi connectivity index (χ1n) is 8.66. The number of nitrogens with one attached hydrogen (secondary N) is 3. The number of hydrogen-bond donors (Lipinski definition) is 3. The number of thioether (sulfide) groups is 1. The minimum absolute atomic E-state index is 0.0247. The van der Waals surface area contributed by atoms with Crippen LogP contribution >= 0.6 is 11.8 Å². The molecule has 1 heterocycles. The van der Waals surface area contributed by atoms with Crippen LogP contribution in [0.15, 0.2) is 29.2 Å². The zero-order valence-corrected chi connectivity index (χ0v) is 17.5. The van der Waals surface area contributed by atoms with Gasteiger partial charge in [-0.3, -0.25) is 14.9 Å². The number of alkyl halides is 3. The Morgan fingerprint density at radius 1 is 1.24 bits per heavy atom. The van der Waals surface area contributed by atoms with Gasteiger partial charge < -0.3 is 10.6 Å². The Balaban J connectivity index is 2.14. The summed E-state index contributed by atoms with van der Waals surface area (Å²) in [6, 6.07) is 4.06. The van der Waals surface area contributed by atoms with Crippen LogP contribution in [0, 0.1) is 5.92 Å². The van der Waals surface area contributed by atoms with Gasteiger partial charge in [0.05, 0.1) is 18.5 Å². The van der Waals surface area contributed by atoms with Crippen molar-refractivity contribution in [1.82, 2.24) is 16.0 Å². The van der Waals surface area contributed by atoms with Crippen LogP contribution in [-0.4, -0.2) is 43.5 Å². The highest BCUT2D eigenvalue weighted by Crippen LogP contribution is 2.37. The molecule has 3 N–H and O–H groups in total. The van der Waals surface area contributed by atoms with Gasteiger partial charge in [-0.25, -0.2) is 8.42 Å². The Hall–Kier alpha value is -1.79. The molecule has 29 heavy (non-hydrogen) atoms. The number of carbonyl (C=O) groups is 2. The summed E-state index contributed by atoms with van der Waals surface area (Å²) in [5, 5.41) is 7.61. The lowest BCUT2D eigenvalue weighted by atomic mass is 9.95. The molecule has 2 amide bonds. The minimum atomic E-state index is -4.39. The molecule has 162 valence electrons. The van der Waals surface area contributed by atoms with Crippen molar-refractivity contribution < 1.29 is 31.2 Å². The first-order chi connectivity index (χ1) is 13.3. The molecular formula is C17H22F3N3O4S2. The van der Waals surface area contributed by atoms with Crippen molar-refractivity contribution in [2.45, 2.75) is 48.3 Å². The van der Waals surface area contributed by atoms with Gasteiger partial charge in [0.15, 0.2) is 15.3 Å². The van der Waals surface area contributed by atoms with Crippen LogP contribution in [0.1, 0.15) is 31.9 Å². The molecule has 1 fully saturated rings. The second kappa shape index (κ2) is 8.92. The van der Waals surface area contributed by atoms with Crippen LogP contribution in [0.3, 0.4) is 0 Å². The maximum atomic E-state index is 12.7. The van der Waals surface area contributed by atoms with E-state index in [1.165, 1.54) is 24.3 Å². The monoisotopic (exact) mass is 453 g/mol. The maximum Gasteiger partial charge on any atom is 0.446 e. The standard InChI is InChI=1S/C17H22F3N3O4S2/c1-9(2)14(10-4-6-11(7-5-10)28-17(18,19)20)23-15(25)12-8-13(24)22-16(21-12)29(3,26)27/h4-7,9,12,14,16,21H,8H2,1-3H3,(H,22,24)(H,23,25)/t12?,14-,16?/m1/s1. The van der Waals surface area contributed by atoms with Gasteiger partial charge in [-0.1, -0.05) is 26.0 Å². The largest absolute Gasteiger partial charge is 0.446 e. The number of sulfone groups is 1. The minimum Gasteiger partial charge on any atom is -0.348 e. The summed E-state index contributed by atoms with van der Waals surface area (Å²) in [6.45, 7) is 3.65. The molecule has 0 spiro atoms. The lowest BCUT2D eigenvalue weighted by Crippen LogP contribution is -2.63. The highest BCUT2D eigenvalue weighted by molar-refractivity contribution is 8.00. The molecule has 1 aromatic rings. The maximum absolute atomic E-state index is 12.7. The predicted octanol–water partition coefficient (Wildman–Crippen LogP) is 1.92. The average Bonchev–Trinajstić information content (AvgIpc) is 2.57. The highest BCUT2D eigenvalue weighted by atomic mass is 32.2. The van der Waals surface area contributed by atoms with E-state index in [2.05, 4.69) is 16.0 Å². The van der Waals surface area contributed by atoms with E-state index in [0.717, 1.165) is 6.26 Å². The predicted molar refractivity (Wildman–Crippen MR) is 102 cm³/mol. The Morgan fingerprint density at radius 2 is 1.83 bits per heavy atom. The summed E-state index contributed by atoms with van der Waals surface area (Å²) in [6.07, 6.45) is 0.701. The summed E-state index contributed by atoms with van der Waals surface area (Å²) in [5.41, 5.74) is -5.16. The van der Waals surface area contributed by atoms with Crippen molar-refractivity contribution in [2.75, 3.05) is 6.26 Å². The quantitative estimate of drug-likeness (QED) is 0.569. The van der Waals surface area contributed by atoms with Crippen LogP contribution in [-0.2, 0) is 19.4 Å². The van der Waals surface area contributed by atoms with E-state index < -0.39 is 44.7 Å². The van der Waals surface area contributed by atoms with Crippen LogP contribution in [0.25, 0.3) is 0 Å². The zero-order chi connectivity index (χ0) is 22.0. The second-order valence-electron chi connectivity index (χ2n) is 7.05. The van der Waals surface area contributed by atoms with Crippen molar-refractivity contribution in [1.29, 1.82) is 0 Å². The number of rotatable bonds is 6. The Bertz CT molecular complexity index is 858. The molecule has 0 saturated carbocycles. The molecule has 3 atom stereocenters. The number of halogens is 3. The fourth-order valence-electron chi connectivity index (χ4n) is 2.84. The van der Waals surface area contributed by atoms with Crippen LogP contribution in [0.2, 0.25) is 0 Å². The fraction of sp³-hybridized carbons (Fsp3) is 0.529. The van der Waals surface area contributed by atoms with Crippen molar-refractivity contribution in [3.05, 3.63) is 29.8 Å². The molecule has 7 nitrogen and oxygen atoms in total. The van der Waals surface area contributed by atoms with E-state index in [9.17, 15) is 31.2 Å². The first-order valence-corrected chi connectivity index (χ1v) is 11.4. The van der Waals surface area contributed by atoms with Gasteiger partial charge in [-0.2, -0.15) is 13.2 Å². The van der Waals surface area contributed by atoms with Gasteiger partial charge in [-0.15, -0.1) is 0 Å². The van der Waals surface area contributed by atoms with E-state index in [1.54, 1.807) is 0 Å². The van der Waals surface area contributed by atoms with E-state index in [4.69, 9.17) is 0 Å². The molecule has 1 aromatic carbocycles. The van der Waals surface area contributed by atoms with E-state index in [1.807, 2.05) is 13.8 Å². The van der Waals surface area contributed by atoms with E-state index in [0.29, 0.717) is 5.56 Å². The molecule has 1 aliphatic heterocycles. The van der Waals surface area contributed by atoms with Crippen LogP contribution < -0.4 is 16.0 Å². The molecular weight excluding hydrogens is 431 g/mol. The van der Waals surface area contributed by atoms with Gasteiger partial charge in [-0.05, 0) is 35.4 Å². The molecule has 0 aromatic heterocycles. The number of amides is 2. The van der Waals surface area contributed by atoms with Crippen LogP contribution in [0.4, 0.5) is 13.2 Å². The van der Waals surface area contributed by atoms with Crippen molar-refractivity contribution in [3.63, 3.8) is 0 Å². The van der Waals surface area contributed by atoms with Crippen molar-refractivity contribution in [3.8, 4) is 0 Å². The fourth-order valence-corrected chi connectivity index (χ4v) is 4.13. The Morgan fingerprint density at radius 3 is 2.31 bits per heavy atom. The van der Waals surface area contributed by atoms with Crippen molar-refractivity contribution >= 4 is 33.4 Å².